The summed E-state index contributed by atoms with van der Waals surface area (Å²) in [6.45, 7) is 3.28. The molecule has 0 aliphatic heterocycles. The zero-order chi connectivity index (χ0) is 14.4. The van der Waals surface area contributed by atoms with Crippen molar-refractivity contribution in [3.63, 3.8) is 0 Å². The molecule has 0 unspecified atom stereocenters. The van der Waals surface area contributed by atoms with Crippen molar-refractivity contribution in [1.82, 2.24) is 9.97 Å². The molecule has 0 aliphatic rings. The van der Waals surface area contributed by atoms with Crippen molar-refractivity contribution >= 4 is 21.7 Å². The number of nitrogens with two attached hydrogens (primary N) is 1. The molecule has 0 aliphatic carbocycles. The van der Waals surface area contributed by atoms with Gasteiger partial charge in [0.25, 0.3) is 0 Å². The second-order valence-electron chi connectivity index (χ2n) is 4.10. The Kier molecular flexibility index (Phi) is 5.31. The van der Waals surface area contributed by atoms with E-state index in [-0.39, 0.29) is 0 Å². The molecule has 1 aromatic heterocycles. The molecule has 0 saturated heterocycles. The number of hydrogen-bond acceptors (Lipinski definition) is 5. The molecule has 0 bridgehead atoms. The van der Waals surface area contributed by atoms with Crippen LogP contribution in [0.15, 0.2) is 34.8 Å². The van der Waals surface area contributed by atoms with E-state index in [0.29, 0.717) is 37.3 Å². The summed E-state index contributed by atoms with van der Waals surface area (Å²) in [5, 5.41) is 0. The summed E-state index contributed by atoms with van der Waals surface area (Å²) < 4.78 is 11.9. The summed E-state index contributed by atoms with van der Waals surface area (Å²) in [4.78, 5) is 8.35. The van der Waals surface area contributed by atoms with Crippen LogP contribution in [0.4, 0.5) is 5.82 Å². The zero-order valence-corrected chi connectivity index (χ0v) is 12.8. The lowest BCUT2D eigenvalue weighted by atomic mass is 10.2. The van der Waals surface area contributed by atoms with Crippen LogP contribution in [0.25, 0.3) is 0 Å². The maximum absolute atomic E-state index is 5.73. The normalized spacial score (nSPS) is 10.5. The summed E-state index contributed by atoms with van der Waals surface area (Å²) in [5.41, 5.74) is 6.78. The average molecular weight is 338 g/mol. The molecule has 2 aromatic rings. The fraction of sp³-hybridized carbons (Fsp3) is 0.286. The molecule has 0 fully saturated rings. The van der Waals surface area contributed by atoms with Crippen LogP contribution in [-0.2, 0) is 18.0 Å². The number of halogens is 1. The van der Waals surface area contributed by atoms with E-state index < -0.39 is 0 Å². The van der Waals surface area contributed by atoms with Crippen LogP contribution in [0.5, 0.6) is 5.88 Å². The van der Waals surface area contributed by atoms with Crippen molar-refractivity contribution < 1.29 is 9.47 Å². The molecule has 20 heavy (non-hydrogen) atoms. The molecule has 0 atom stereocenters. The fourth-order valence-corrected chi connectivity index (χ4v) is 1.83. The smallest absolute Gasteiger partial charge is 0.219 e. The summed E-state index contributed by atoms with van der Waals surface area (Å²) in [6, 6.07) is 9.50. The Labute approximate surface area is 126 Å². The van der Waals surface area contributed by atoms with Crippen LogP contribution in [0.3, 0.4) is 0 Å². The van der Waals surface area contributed by atoms with Crippen LogP contribution in [0.2, 0.25) is 0 Å². The number of nitrogens with zero attached hydrogens (tertiary/aromatic N) is 2. The first-order chi connectivity index (χ1) is 9.67. The SMILES string of the molecule is CCOCc1nc(N)cc(OCc2ccc(Br)cc2)n1. The Bertz CT molecular complexity index is 561. The molecule has 6 heteroatoms. The molecule has 0 saturated carbocycles. The number of hydrogen-bond donors (Lipinski definition) is 1. The average Bonchev–Trinajstić information content (AvgIpc) is 2.44. The van der Waals surface area contributed by atoms with Gasteiger partial charge in [-0.05, 0) is 24.6 Å². The predicted molar refractivity (Wildman–Crippen MR) is 80.2 cm³/mol. The monoisotopic (exact) mass is 337 g/mol. The summed E-state index contributed by atoms with van der Waals surface area (Å²) in [6.07, 6.45) is 0. The van der Waals surface area contributed by atoms with E-state index in [9.17, 15) is 0 Å². The molecule has 5 nitrogen and oxygen atoms in total. The van der Waals surface area contributed by atoms with Crippen molar-refractivity contribution in [2.75, 3.05) is 12.3 Å². The van der Waals surface area contributed by atoms with Crippen molar-refractivity contribution in [2.24, 2.45) is 0 Å². The minimum atomic E-state index is 0.330. The molecular formula is C14H16BrN3O2. The molecule has 0 amide bonds. The third-order valence-corrected chi connectivity index (χ3v) is 3.03. The lowest BCUT2D eigenvalue weighted by Crippen LogP contribution is -2.05. The number of benzene rings is 1. The number of aromatic nitrogens is 2. The second-order valence-corrected chi connectivity index (χ2v) is 5.02. The topological polar surface area (TPSA) is 70.3 Å². The van der Waals surface area contributed by atoms with E-state index in [2.05, 4.69) is 25.9 Å². The Balaban J connectivity index is 2.01. The van der Waals surface area contributed by atoms with E-state index in [1.165, 1.54) is 0 Å². The molecule has 0 radical (unpaired) electrons. The number of anilines is 1. The molecule has 106 valence electrons. The highest BCUT2D eigenvalue weighted by Gasteiger charge is 2.04. The second kappa shape index (κ2) is 7.21. The quantitative estimate of drug-likeness (QED) is 0.877. The molecule has 2 N–H and O–H groups in total. The molecule has 1 heterocycles. The van der Waals surface area contributed by atoms with Gasteiger partial charge >= 0.3 is 0 Å². The van der Waals surface area contributed by atoms with Gasteiger partial charge in [-0.2, -0.15) is 4.98 Å². The van der Waals surface area contributed by atoms with Gasteiger partial charge in [-0.15, -0.1) is 0 Å². The number of nitrogen functional groups attached to an aromatic ring is 1. The maximum Gasteiger partial charge on any atom is 0.219 e. The highest BCUT2D eigenvalue weighted by molar-refractivity contribution is 9.10. The van der Waals surface area contributed by atoms with Crippen LogP contribution in [-0.4, -0.2) is 16.6 Å². The predicted octanol–water partition coefficient (Wildman–Crippen LogP) is 2.94. The third-order valence-electron chi connectivity index (χ3n) is 2.50. The zero-order valence-electron chi connectivity index (χ0n) is 11.2. The van der Waals surface area contributed by atoms with Gasteiger partial charge < -0.3 is 15.2 Å². The van der Waals surface area contributed by atoms with Crippen molar-refractivity contribution in [2.45, 2.75) is 20.1 Å². The fourth-order valence-electron chi connectivity index (χ4n) is 1.56. The van der Waals surface area contributed by atoms with Gasteiger partial charge in [0.2, 0.25) is 5.88 Å². The minimum Gasteiger partial charge on any atom is -0.473 e. The standard InChI is InChI=1S/C14H16BrN3O2/c1-2-19-9-13-17-12(16)7-14(18-13)20-8-10-3-5-11(15)6-4-10/h3-7H,2,8-9H2,1H3,(H2,16,17,18). The van der Waals surface area contributed by atoms with Crippen molar-refractivity contribution in [3.8, 4) is 5.88 Å². The summed E-state index contributed by atoms with van der Waals surface area (Å²) >= 11 is 3.39. The van der Waals surface area contributed by atoms with Crippen LogP contribution in [0, 0.1) is 0 Å². The summed E-state index contributed by atoms with van der Waals surface area (Å²) in [5.74, 6) is 1.35. The van der Waals surface area contributed by atoms with E-state index in [1.807, 2.05) is 31.2 Å². The highest BCUT2D eigenvalue weighted by atomic mass is 79.9. The largest absolute Gasteiger partial charge is 0.473 e. The van der Waals surface area contributed by atoms with E-state index in [1.54, 1.807) is 6.07 Å². The first kappa shape index (κ1) is 14.7. The van der Waals surface area contributed by atoms with Crippen LogP contribution in [0.1, 0.15) is 18.3 Å². The van der Waals surface area contributed by atoms with Crippen molar-refractivity contribution in [3.05, 3.63) is 46.2 Å². The van der Waals surface area contributed by atoms with Gasteiger partial charge in [0, 0.05) is 17.1 Å². The van der Waals surface area contributed by atoms with Gasteiger partial charge in [0.1, 0.15) is 19.0 Å². The first-order valence-electron chi connectivity index (χ1n) is 6.26. The van der Waals surface area contributed by atoms with Crippen LogP contribution >= 0.6 is 15.9 Å². The van der Waals surface area contributed by atoms with Crippen LogP contribution < -0.4 is 10.5 Å². The van der Waals surface area contributed by atoms with Gasteiger partial charge in [0.05, 0.1) is 0 Å². The lowest BCUT2D eigenvalue weighted by Gasteiger charge is -2.08. The summed E-state index contributed by atoms with van der Waals surface area (Å²) in [7, 11) is 0. The Morgan fingerprint density at radius 2 is 1.90 bits per heavy atom. The molecule has 0 spiro atoms. The third kappa shape index (κ3) is 4.47. The first-order valence-corrected chi connectivity index (χ1v) is 7.05. The van der Waals surface area contributed by atoms with Crippen molar-refractivity contribution in [1.29, 1.82) is 0 Å². The number of rotatable bonds is 6. The van der Waals surface area contributed by atoms with Gasteiger partial charge in [-0.3, -0.25) is 0 Å². The lowest BCUT2D eigenvalue weighted by molar-refractivity contribution is 0.127. The van der Waals surface area contributed by atoms with Gasteiger partial charge in [-0.1, -0.05) is 28.1 Å². The van der Waals surface area contributed by atoms with E-state index in [0.717, 1.165) is 10.0 Å². The van der Waals surface area contributed by atoms with E-state index >= 15 is 0 Å². The highest BCUT2D eigenvalue weighted by Crippen LogP contribution is 2.15. The Hall–Kier alpha value is -1.66. The molecular weight excluding hydrogens is 322 g/mol. The number of ether oxygens (including phenoxy) is 2. The minimum absolute atomic E-state index is 0.330. The molecule has 1 aromatic carbocycles. The maximum atomic E-state index is 5.73. The van der Waals surface area contributed by atoms with E-state index in [4.69, 9.17) is 15.2 Å². The molecule has 2 rings (SSSR count). The van der Waals surface area contributed by atoms with Gasteiger partial charge in [-0.25, -0.2) is 4.98 Å². The Morgan fingerprint density at radius 3 is 2.60 bits per heavy atom. The Morgan fingerprint density at radius 1 is 1.15 bits per heavy atom. The van der Waals surface area contributed by atoms with Gasteiger partial charge in [0.15, 0.2) is 5.82 Å².